The molecule has 2 heterocycles. The molecular formula is C11H15ClN8O. The van der Waals surface area contributed by atoms with Gasteiger partial charge in [-0.3, -0.25) is 4.79 Å². The lowest BCUT2D eigenvalue weighted by atomic mass is 10.4. The lowest BCUT2D eigenvalue weighted by Gasteiger charge is -2.18. The molecule has 1 amide bonds. The average molecular weight is 311 g/mol. The van der Waals surface area contributed by atoms with E-state index >= 15 is 0 Å². The molecule has 2 aromatic rings. The van der Waals surface area contributed by atoms with Crippen LogP contribution in [0.25, 0.3) is 5.95 Å². The predicted molar refractivity (Wildman–Crippen MR) is 76.2 cm³/mol. The normalized spacial score (nSPS) is 10.4. The largest absolute Gasteiger partial charge is 0.345 e. The van der Waals surface area contributed by atoms with Crippen LogP contribution < -0.4 is 5.32 Å². The number of anilines is 1. The monoisotopic (exact) mass is 310 g/mol. The SMILES string of the molecule is CCN(CC)C(=O)CNc1nc(Cl)nc(-n2cncn2)n1. The van der Waals surface area contributed by atoms with Gasteiger partial charge in [-0.05, 0) is 25.4 Å². The minimum atomic E-state index is -0.0427. The van der Waals surface area contributed by atoms with Gasteiger partial charge >= 0.3 is 0 Å². The zero-order chi connectivity index (χ0) is 15.2. The lowest BCUT2D eigenvalue weighted by Crippen LogP contribution is -2.35. The first kappa shape index (κ1) is 15.1. The number of carbonyl (C=O) groups is 1. The first-order valence-corrected chi connectivity index (χ1v) is 6.80. The number of hydrogen-bond acceptors (Lipinski definition) is 7. The number of amides is 1. The number of halogens is 1. The third kappa shape index (κ3) is 3.85. The minimum absolute atomic E-state index is 0.00767. The van der Waals surface area contributed by atoms with Crippen molar-refractivity contribution in [3.05, 3.63) is 17.9 Å². The van der Waals surface area contributed by atoms with Crippen LogP contribution in [0.5, 0.6) is 0 Å². The molecule has 0 atom stereocenters. The third-order valence-corrected chi connectivity index (χ3v) is 2.90. The number of nitrogens with zero attached hydrogens (tertiary/aromatic N) is 7. The summed E-state index contributed by atoms with van der Waals surface area (Å²) in [5, 5.41) is 6.75. The van der Waals surface area contributed by atoms with Crippen molar-refractivity contribution in [2.45, 2.75) is 13.8 Å². The van der Waals surface area contributed by atoms with E-state index < -0.39 is 0 Å². The molecule has 0 aliphatic carbocycles. The Morgan fingerprint density at radius 3 is 2.71 bits per heavy atom. The second-order valence-corrected chi connectivity index (χ2v) is 4.33. The lowest BCUT2D eigenvalue weighted by molar-refractivity contribution is -0.128. The first-order valence-electron chi connectivity index (χ1n) is 6.42. The topological polar surface area (TPSA) is 102 Å². The summed E-state index contributed by atoms with van der Waals surface area (Å²) in [5.41, 5.74) is 0. The van der Waals surface area contributed by atoms with Crippen molar-refractivity contribution in [1.82, 2.24) is 34.6 Å². The molecule has 9 nitrogen and oxygen atoms in total. The van der Waals surface area contributed by atoms with E-state index in [-0.39, 0.29) is 29.6 Å². The molecule has 0 radical (unpaired) electrons. The Balaban J connectivity index is 2.09. The minimum Gasteiger partial charge on any atom is -0.345 e. The van der Waals surface area contributed by atoms with Gasteiger partial charge in [0.1, 0.15) is 12.7 Å². The standard InChI is InChI=1S/C11H15ClN8O/c1-3-19(4-2)8(21)5-14-10-16-9(12)17-11(18-10)20-7-13-6-15-20/h6-7H,3-5H2,1-2H3,(H,14,16,17,18). The Morgan fingerprint density at radius 1 is 1.33 bits per heavy atom. The summed E-state index contributed by atoms with van der Waals surface area (Å²) >= 11 is 5.84. The second kappa shape index (κ2) is 6.93. The van der Waals surface area contributed by atoms with Crippen LogP contribution in [-0.4, -0.2) is 60.2 Å². The van der Waals surface area contributed by atoms with Crippen LogP contribution in [-0.2, 0) is 4.79 Å². The molecule has 0 spiro atoms. The number of hydrogen-bond donors (Lipinski definition) is 1. The Kier molecular flexibility index (Phi) is 4.99. The Labute approximate surface area is 126 Å². The van der Waals surface area contributed by atoms with Crippen LogP contribution in [0, 0.1) is 0 Å². The maximum Gasteiger partial charge on any atom is 0.258 e. The molecule has 0 aromatic carbocycles. The van der Waals surface area contributed by atoms with Crippen LogP contribution in [0.2, 0.25) is 5.28 Å². The summed E-state index contributed by atoms with van der Waals surface area (Å²) in [7, 11) is 0. The fraction of sp³-hybridized carbons (Fsp3) is 0.455. The van der Waals surface area contributed by atoms with Crippen molar-refractivity contribution >= 4 is 23.5 Å². The van der Waals surface area contributed by atoms with Crippen LogP contribution in [0.3, 0.4) is 0 Å². The summed E-state index contributed by atoms with van der Waals surface area (Å²) in [6, 6.07) is 0. The summed E-state index contributed by atoms with van der Waals surface area (Å²) < 4.78 is 1.35. The summed E-state index contributed by atoms with van der Waals surface area (Å²) in [6.07, 6.45) is 2.80. The molecule has 0 aliphatic rings. The van der Waals surface area contributed by atoms with Crippen molar-refractivity contribution in [3.63, 3.8) is 0 Å². The molecule has 2 rings (SSSR count). The maximum atomic E-state index is 11.9. The van der Waals surface area contributed by atoms with Crippen molar-refractivity contribution in [2.75, 3.05) is 25.0 Å². The summed E-state index contributed by atoms with van der Waals surface area (Å²) in [6.45, 7) is 5.23. The predicted octanol–water partition coefficient (Wildman–Crippen LogP) is 0.386. The highest BCUT2D eigenvalue weighted by atomic mass is 35.5. The zero-order valence-corrected chi connectivity index (χ0v) is 12.4. The van der Waals surface area contributed by atoms with E-state index in [2.05, 4.69) is 30.4 Å². The van der Waals surface area contributed by atoms with Crippen molar-refractivity contribution in [2.24, 2.45) is 0 Å². The van der Waals surface area contributed by atoms with E-state index in [0.717, 1.165) is 0 Å². The van der Waals surface area contributed by atoms with Gasteiger partial charge in [0.25, 0.3) is 5.95 Å². The van der Waals surface area contributed by atoms with Gasteiger partial charge in [-0.1, -0.05) is 0 Å². The van der Waals surface area contributed by atoms with Gasteiger partial charge in [0.05, 0.1) is 6.54 Å². The molecule has 0 saturated carbocycles. The smallest absolute Gasteiger partial charge is 0.258 e. The molecule has 0 saturated heterocycles. The molecular weight excluding hydrogens is 296 g/mol. The molecule has 0 fully saturated rings. The molecule has 1 N–H and O–H groups in total. The van der Waals surface area contributed by atoms with Gasteiger partial charge < -0.3 is 10.2 Å². The summed E-state index contributed by atoms with van der Waals surface area (Å²) in [5.74, 6) is 0.394. The molecule has 0 aliphatic heterocycles. The average Bonchev–Trinajstić information content (AvgIpc) is 3.00. The zero-order valence-electron chi connectivity index (χ0n) is 11.7. The van der Waals surface area contributed by atoms with Crippen LogP contribution in [0.15, 0.2) is 12.7 Å². The van der Waals surface area contributed by atoms with Crippen LogP contribution in [0.4, 0.5) is 5.95 Å². The number of carbonyl (C=O) groups excluding carboxylic acids is 1. The van der Waals surface area contributed by atoms with E-state index in [1.54, 1.807) is 4.90 Å². The quantitative estimate of drug-likeness (QED) is 0.823. The third-order valence-electron chi connectivity index (χ3n) is 2.73. The van der Waals surface area contributed by atoms with E-state index in [1.165, 1.54) is 17.3 Å². The van der Waals surface area contributed by atoms with Crippen molar-refractivity contribution in [1.29, 1.82) is 0 Å². The molecule has 112 valence electrons. The molecule has 10 heteroatoms. The van der Waals surface area contributed by atoms with Gasteiger partial charge in [0, 0.05) is 13.1 Å². The highest BCUT2D eigenvalue weighted by Gasteiger charge is 2.12. The van der Waals surface area contributed by atoms with Gasteiger partial charge in [-0.15, -0.1) is 0 Å². The van der Waals surface area contributed by atoms with Gasteiger partial charge in [-0.2, -0.15) is 24.7 Å². The first-order chi connectivity index (χ1) is 10.1. The maximum absolute atomic E-state index is 11.9. The van der Waals surface area contributed by atoms with E-state index in [4.69, 9.17) is 11.6 Å². The molecule has 0 unspecified atom stereocenters. The van der Waals surface area contributed by atoms with Gasteiger partial charge in [0.2, 0.25) is 17.1 Å². The fourth-order valence-corrected chi connectivity index (χ4v) is 1.83. The van der Waals surface area contributed by atoms with Crippen LogP contribution in [0.1, 0.15) is 13.8 Å². The van der Waals surface area contributed by atoms with Crippen LogP contribution >= 0.6 is 11.6 Å². The van der Waals surface area contributed by atoms with E-state index in [9.17, 15) is 4.79 Å². The van der Waals surface area contributed by atoms with E-state index in [1.807, 2.05) is 13.8 Å². The number of aromatic nitrogens is 6. The second-order valence-electron chi connectivity index (χ2n) is 3.99. The van der Waals surface area contributed by atoms with Crippen molar-refractivity contribution in [3.8, 4) is 5.95 Å². The molecule has 0 bridgehead atoms. The number of nitrogens with one attached hydrogen (secondary N) is 1. The summed E-state index contributed by atoms with van der Waals surface area (Å²) in [4.78, 5) is 29.4. The Morgan fingerprint density at radius 2 is 2.10 bits per heavy atom. The number of likely N-dealkylation sites (N-methyl/N-ethyl adjacent to an activating group) is 1. The van der Waals surface area contributed by atoms with Gasteiger partial charge in [0.15, 0.2) is 0 Å². The molecule has 2 aromatic heterocycles. The highest BCUT2D eigenvalue weighted by Crippen LogP contribution is 2.08. The molecule has 21 heavy (non-hydrogen) atoms. The number of rotatable bonds is 6. The van der Waals surface area contributed by atoms with Crippen molar-refractivity contribution < 1.29 is 4.79 Å². The Hall–Kier alpha value is -2.29. The van der Waals surface area contributed by atoms with Gasteiger partial charge in [-0.25, -0.2) is 4.98 Å². The Bertz CT molecular complexity index is 598. The fourth-order valence-electron chi connectivity index (χ4n) is 1.68. The van der Waals surface area contributed by atoms with E-state index in [0.29, 0.717) is 13.1 Å². The highest BCUT2D eigenvalue weighted by molar-refractivity contribution is 6.28.